The zero-order valence-electron chi connectivity index (χ0n) is 22.9. The predicted molar refractivity (Wildman–Crippen MR) is 129 cm³/mol. The van der Waals surface area contributed by atoms with Gasteiger partial charge in [0, 0.05) is 63.7 Å². The van der Waals surface area contributed by atoms with Gasteiger partial charge in [-0.3, -0.25) is 24.0 Å². The summed E-state index contributed by atoms with van der Waals surface area (Å²) in [5.74, 6) is -6.62. The Labute approximate surface area is 225 Å². The number of carbonyl (C=O) groups is 5. The highest BCUT2D eigenvalue weighted by atomic mass is 16.6. The summed E-state index contributed by atoms with van der Waals surface area (Å²) < 4.78 is 28.9. The molecule has 4 rings (SSSR count). The van der Waals surface area contributed by atoms with Gasteiger partial charge in [0.1, 0.15) is 23.9 Å². The molecule has 11 atom stereocenters. The van der Waals surface area contributed by atoms with Crippen molar-refractivity contribution in [2.45, 2.75) is 96.1 Å². The molecule has 0 aromatic rings. The smallest absolute Gasteiger partial charge is 0.303 e. The monoisotopic (exact) mass is 552 g/mol. The third-order valence-electron chi connectivity index (χ3n) is 9.22. The van der Waals surface area contributed by atoms with Crippen LogP contribution in [0.4, 0.5) is 0 Å². The van der Waals surface area contributed by atoms with Crippen molar-refractivity contribution in [3.05, 3.63) is 12.2 Å². The Bertz CT molecular complexity index is 1120. The number of esters is 4. The second-order valence-electron chi connectivity index (χ2n) is 11.5. The van der Waals surface area contributed by atoms with Gasteiger partial charge in [0.15, 0.2) is 17.5 Å². The van der Waals surface area contributed by atoms with Gasteiger partial charge in [-0.1, -0.05) is 13.5 Å². The van der Waals surface area contributed by atoms with Gasteiger partial charge in [0.05, 0.1) is 12.7 Å². The first-order chi connectivity index (χ1) is 18.0. The Morgan fingerprint density at radius 3 is 2.00 bits per heavy atom. The molecule has 0 spiro atoms. The van der Waals surface area contributed by atoms with Crippen LogP contribution in [0.5, 0.6) is 0 Å². The average molecular weight is 553 g/mol. The fourth-order valence-corrected chi connectivity index (χ4v) is 7.55. The highest BCUT2D eigenvalue weighted by Crippen LogP contribution is 2.65. The number of Topliss-reactive ketones (excluding diaryl/α,β-unsaturated/α-hetero) is 1. The Kier molecular flexibility index (Phi) is 7.23. The van der Waals surface area contributed by atoms with Crippen molar-refractivity contribution in [3.8, 4) is 0 Å². The van der Waals surface area contributed by atoms with Gasteiger partial charge in [0.25, 0.3) is 0 Å². The third-order valence-corrected chi connectivity index (χ3v) is 9.22. The summed E-state index contributed by atoms with van der Waals surface area (Å²) in [4.78, 5) is 63.4. The molecule has 3 unspecified atom stereocenters. The maximum Gasteiger partial charge on any atom is 0.303 e. The molecule has 4 aliphatic rings. The van der Waals surface area contributed by atoms with Crippen LogP contribution < -0.4 is 0 Å². The largest absolute Gasteiger partial charge is 0.462 e. The van der Waals surface area contributed by atoms with E-state index in [1.807, 2.05) is 0 Å². The Morgan fingerprint density at radius 2 is 1.46 bits per heavy atom. The topological polar surface area (TPSA) is 172 Å². The molecule has 39 heavy (non-hydrogen) atoms. The standard InChI is InChI=1S/C27H36O12/c1-11-17(32)9-18(36-12(2)28)21-20(11)22(37-13(3)29)16-8-19(33)26(7)27(34,25(16,6)10-35-26)24(39-15(5)31)23(21)38-14(4)30/h16-18,20-24,32,34H,1,8-10H2,2-7H3/t16?,17-,18+,20?,21?,22+,23+,24-,25+,26+,27-/m0/s1. The number of hydrogen-bond donors (Lipinski definition) is 2. The molecular weight excluding hydrogens is 516 g/mol. The Morgan fingerprint density at radius 1 is 0.923 bits per heavy atom. The van der Waals surface area contributed by atoms with E-state index in [0.29, 0.717) is 0 Å². The van der Waals surface area contributed by atoms with Gasteiger partial charge in [0.2, 0.25) is 0 Å². The molecule has 1 saturated heterocycles. The second-order valence-corrected chi connectivity index (χ2v) is 11.5. The lowest BCUT2D eigenvalue weighted by molar-refractivity contribution is -0.279. The van der Waals surface area contributed by atoms with E-state index < -0.39 is 94.6 Å². The van der Waals surface area contributed by atoms with Crippen LogP contribution >= 0.6 is 0 Å². The second kappa shape index (κ2) is 9.67. The van der Waals surface area contributed by atoms with E-state index in [0.717, 1.165) is 13.8 Å². The molecule has 4 fully saturated rings. The molecule has 216 valence electrons. The summed E-state index contributed by atoms with van der Waals surface area (Å²) in [7, 11) is 0. The zero-order chi connectivity index (χ0) is 29.2. The van der Waals surface area contributed by atoms with Gasteiger partial charge < -0.3 is 33.9 Å². The number of fused-ring (bicyclic) bond motifs is 1. The van der Waals surface area contributed by atoms with Crippen LogP contribution in [0.3, 0.4) is 0 Å². The van der Waals surface area contributed by atoms with Crippen LogP contribution in [0.15, 0.2) is 12.2 Å². The van der Waals surface area contributed by atoms with Crippen LogP contribution in [0, 0.1) is 23.2 Å². The Balaban J connectivity index is 2.09. The minimum Gasteiger partial charge on any atom is -0.462 e. The molecule has 12 heteroatoms. The van der Waals surface area contributed by atoms with Crippen molar-refractivity contribution in [1.82, 2.24) is 0 Å². The number of ether oxygens (including phenoxy) is 5. The number of aliphatic hydroxyl groups is 2. The van der Waals surface area contributed by atoms with E-state index in [1.54, 1.807) is 6.92 Å². The van der Waals surface area contributed by atoms with Crippen LogP contribution in [-0.4, -0.2) is 88.2 Å². The lowest BCUT2D eigenvalue weighted by Crippen LogP contribution is -2.78. The molecule has 2 N–H and O–H groups in total. The lowest BCUT2D eigenvalue weighted by Gasteiger charge is -2.61. The predicted octanol–water partition coefficient (Wildman–Crippen LogP) is 0.395. The van der Waals surface area contributed by atoms with E-state index in [2.05, 4.69) is 6.58 Å². The fraction of sp³-hybridized carbons (Fsp3) is 0.741. The fourth-order valence-electron chi connectivity index (χ4n) is 7.55. The van der Waals surface area contributed by atoms with Gasteiger partial charge in [-0.25, -0.2) is 0 Å². The molecule has 1 heterocycles. The van der Waals surface area contributed by atoms with Gasteiger partial charge in [-0.05, 0) is 12.5 Å². The lowest BCUT2D eigenvalue weighted by atomic mass is 9.46. The highest BCUT2D eigenvalue weighted by Gasteiger charge is 2.81. The van der Waals surface area contributed by atoms with E-state index in [4.69, 9.17) is 23.7 Å². The summed E-state index contributed by atoms with van der Waals surface area (Å²) in [5.41, 5.74) is -5.33. The third kappa shape index (κ3) is 4.18. The number of aliphatic hydroxyl groups excluding tert-OH is 1. The van der Waals surface area contributed by atoms with E-state index in [1.165, 1.54) is 20.8 Å². The summed E-state index contributed by atoms with van der Waals surface area (Å²) in [6.45, 7) is 11.5. The van der Waals surface area contributed by atoms with Crippen LogP contribution in [0.25, 0.3) is 0 Å². The molecule has 4 bridgehead atoms. The quantitative estimate of drug-likeness (QED) is 0.280. The molecule has 12 nitrogen and oxygen atoms in total. The minimum atomic E-state index is -2.27. The maximum atomic E-state index is 13.7. The van der Waals surface area contributed by atoms with E-state index in [-0.39, 0.29) is 25.0 Å². The summed E-state index contributed by atoms with van der Waals surface area (Å²) >= 11 is 0. The van der Waals surface area contributed by atoms with E-state index >= 15 is 0 Å². The summed E-state index contributed by atoms with van der Waals surface area (Å²) in [6, 6.07) is 0. The minimum absolute atomic E-state index is 0.149. The van der Waals surface area contributed by atoms with Crippen LogP contribution in [0.1, 0.15) is 54.4 Å². The first kappa shape index (κ1) is 29.2. The van der Waals surface area contributed by atoms with Crippen molar-refractivity contribution in [2.24, 2.45) is 23.2 Å². The van der Waals surface area contributed by atoms with Crippen molar-refractivity contribution < 1.29 is 57.9 Å². The first-order valence-electron chi connectivity index (χ1n) is 12.9. The molecule has 1 aliphatic heterocycles. The zero-order valence-corrected chi connectivity index (χ0v) is 22.9. The number of carbonyl (C=O) groups excluding carboxylic acids is 5. The van der Waals surface area contributed by atoms with Gasteiger partial charge in [-0.2, -0.15) is 0 Å². The molecule has 0 amide bonds. The van der Waals surface area contributed by atoms with E-state index in [9.17, 15) is 34.2 Å². The highest BCUT2D eigenvalue weighted by molar-refractivity contribution is 5.91. The van der Waals surface area contributed by atoms with Crippen LogP contribution in [-0.2, 0) is 47.7 Å². The molecule has 0 radical (unpaired) electrons. The SMILES string of the molecule is C=C1C2C([C@@H](OC(C)=O)[C@H](OC(C)=O)[C@@]3(O)[C@]4(C)OC[C@]3(C)C(CC4=O)[C@H]2OC(C)=O)[C@H](OC(C)=O)C[C@@H]1O. The van der Waals surface area contributed by atoms with Crippen molar-refractivity contribution in [3.63, 3.8) is 0 Å². The van der Waals surface area contributed by atoms with Crippen molar-refractivity contribution in [2.75, 3.05) is 6.61 Å². The van der Waals surface area contributed by atoms with Gasteiger partial charge in [-0.15, -0.1) is 0 Å². The summed E-state index contributed by atoms with van der Waals surface area (Å²) in [6.07, 6.45) is -7.06. The number of hydrogen-bond acceptors (Lipinski definition) is 12. The number of ketones is 1. The van der Waals surface area contributed by atoms with Crippen molar-refractivity contribution in [1.29, 1.82) is 0 Å². The Hall–Kier alpha value is -2.83. The first-order valence-corrected chi connectivity index (χ1v) is 12.9. The molecule has 3 saturated carbocycles. The van der Waals surface area contributed by atoms with Crippen molar-refractivity contribution >= 4 is 29.7 Å². The molecule has 0 aromatic heterocycles. The molecule has 0 aromatic carbocycles. The average Bonchev–Trinajstić information content (AvgIpc) is 2.95. The summed E-state index contributed by atoms with van der Waals surface area (Å²) in [5, 5.41) is 23.7. The maximum absolute atomic E-state index is 13.7. The van der Waals surface area contributed by atoms with Gasteiger partial charge >= 0.3 is 23.9 Å². The molecular formula is C27H36O12. The number of rotatable bonds is 4. The van der Waals surface area contributed by atoms with Crippen LogP contribution in [0.2, 0.25) is 0 Å². The molecule has 3 aliphatic carbocycles. The normalized spacial score (nSPS) is 44.8.